The second kappa shape index (κ2) is 1.98. The summed E-state index contributed by atoms with van der Waals surface area (Å²) in [5.41, 5.74) is 8.05. The molecule has 74 valence electrons. The summed E-state index contributed by atoms with van der Waals surface area (Å²) in [7, 11) is 0. The molecule has 2 atom stereocenters. The Morgan fingerprint density at radius 1 is 1.00 bits per heavy atom. The Hall–Kier alpha value is -0.0400. The maximum atomic E-state index is 6.33. The zero-order valence-corrected chi connectivity index (χ0v) is 8.90. The summed E-state index contributed by atoms with van der Waals surface area (Å²) in [5.74, 6) is 0. The average molecular weight is 179 g/mol. The van der Waals surface area contributed by atoms with Crippen LogP contribution in [0.4, 0.5) is 0 Å². The average Bonchev–Trinajstić information content (AvgIpc) is 2.48. The highest BCUT2D eigenvalue weighted by molar-refractivity contribution is 5.30. The minimum absolute atomic E-state index is 0.448. The molecule has 0 radical (unpaired) electrons. The van der Waals surface area contributed by atoms with Gasteiger partial charge in [0.25, 0.3) is 0 Å². The minimum Gasteiger partial charge on any atom is -0.327 e. The summed E-state index contributed by atoms with van der Waals surface area (Å²) in [6.07, 6.45) is 8.75. The van der Waals surface area contributed by atoms with Crippen LogP contribution in [0.15, 0.2) is 0 Å². The van der Waals surface area contributed by atoms with E-state index in [1.165, 1.54) is 38.5 Å². The van der Waals surface area contributed by atoms with E-state index in [1.807, 2.05) is 0 Å². The van der Waals surface area contributed by atoms with Gasteiger partial charge in [0.1, 0.15) is 0 Å². The van der Waals surface area contributed by atoms with Gasteiger partial charge in [-0.1, -0.05) is 26.7 Å². The molecule has 3 aliphatic rings. The second-order valence-corrected chi connectivity index (χ2v) is 6.16. The quantitative estimate of drug-likeness (QED) is 0.608. The molecule has 3 saturated carbocycles. The molecule has 1 heteroatoms. The molecular weight excluding hydrogens is 158 g/mol. The molecule has 0 aromatic carbocycles. The molecule has 13 heavy (non-hydrogen) atoms. The van der Waals surface area contributed by atoms with Crippen LogP contribution in [-0.2, 0) is 0 Å². The van der Waals surface area contributed by atoms with E-state index in [0.29, 0.717) is 22.3 Å². The number of fused-ring (bicyclic) bond motifs is 1. The first-order valence-corrected chi connectivity index (χ1v) is 5.82. The Balaban J connectivity index is 2.00. The third-order valence-corrected chi connectivity index (χ3v) is 5.86. The van der Waals surface area contributed by atoms with Crippen molar-refractivity contribution in [1.29, 1.82) is 0 Å². The lowest BCUT2D eigenvalue weighted by atomic mass is 9.58. The highest BCUT2D eigenvalue weighted by Crippen LogP contribution is 2.81. The third-order valence-electron chi connectivity index (χ3n) is 5.86. The highest BCUT2D eigenvalue weighted by Gasteiger charge is 2.79. The van der Waals surface area contributed by atoms with Gasteiger partial charge in [-0.05, 0) is 41.9 Å². The van der Waals surface area contributed by atoms with Crippen molar-refractivity contribution in [1.82, 2.24) is 0 Å². The first-order valence-electron chi connectivity index (χ1n) is 5.82. The van der Waals surface area contributed by atoms with Crippen molar-refractivity contribution in [3.63, 3.8) is 0 Å². The minimum atomic E-state index is 0.448. The van der Waals surface area contributed by atoms with Gasteiger partial charge < -0.3 is 5.73 Å². The van der Waals surface area contributed by atoms with E-state index in [1.54, 1.807) is 0 Å². The molecular formula is C12H21N. The summed E-state index contributed by atoms with van der Waals surface area (Å²) in [6.45, 7) is 4.78. The van der Waals surface area contributed by atoms with Gasteiger partial charge in [-0.25, -0.2) is 0 Å². The van der Waals surface area contributed by atoms with Crippen LogP contribution >= 0.6 is 0 Å². The zero-order valence-electron chi connectivity index (χ0n) is 8.90. The van der Waals surface area contributed by atoms with Crippen LogP contribution in [0.2, 0.25) is 0 Å². The largest absolute Gasteiger partial charge is 0.327 e. The van der Waals surface area contributed by atoms with Crippen molar-refractivity contribution in [3.8, 4) is 0 Å². The summed E-state index contributed by atoms with van der Waals surface area (Å²) in [5, 5.41) is 0. The lowest BCUT2D eigenvalue weighted by Gasteiger charge is -2.46. The Morgan fingerprint density at radius 2 is 1.46 bits per heavy atom. The molecule has 3 rings (SSSR count). The van der Waals surface area contributed by atoms with Crippen LogP contribution in [0.1, 0.15) is 52.4 Å². The predicted octanol–water partition coefficient (Wildman–Crippen LogP) is 2.69. The fraction of sp³-hybridized carbons (Fsp3) is 1.00. The number of rotatable bonds is 0. The Bertz CT molecular complexity index is 252. The van der Waals surface area contributed by atoms with Gasteiger partial charge in [-0.2, -0.15) is 0 Å². The van der Waals surface area contributed by atoms with Crippen LogP contribution in [0.5, 0.6) is 0 Å². The maximum absolute atomic E-state index is 6.33. The van der Waals surface area contributed by atoms with Crippen molar-refractivity contribution in [2.24, 2.45) is 22.0 Å². The summed E-state index contributed by atoms with van der Waals surface area (Å²) >= 11 is 0. The van der Waals surface area contributed by atoms with Gasteiger partial charge >= 0.3 is 0 Å². The van der Waals surface area contributed by atoms with Gasteiger partial charge in [0.05, 0.1) is 0 Å². The van der Waals surface area contributed by atoms with E-state index < -0.39 is 0 Å². The van der Waals surface area contributed by atoms with Crippen molar-refractivity contribution < 1.29 is 0 Å². The zero-order chi connectivity index (χ0) is 9.32. The lowest BCUT2D eigenvalue weighted by Crippen LogP contribution is -2.38. The molecule has 0 aromatic heterocycles. The van der Waals surface area contributed by atoms with Gasteiger partial charge in [0.15, 0.2) is 0 Å². The van der Waals surface area contributed by atoms with Crippen molar-refractivity contribution in [2.75, 3.05) is 0 Å². The molecule has 3 aliphatic carbocycles. The molecule has 0 saturated heterocycles. The molecule has 0 bridgehead atoms. The van der Waals surface area contributed by atoms with Gasteiger partial charge in [0.2, 0.25) is 0 Å². The van der Waals surface area contributed by atoms with E-state index in [9.17, 15) is 0 Å². The second-order valence-electron chi connectivity index (χ2n) is 6.16. The molecule has 0 heterocycles. The molecule has 2 N–H and O–H groups in total. The molecule has 2 unspecified atom stereocenters. The normalized spacial score (nSPS) is 49.6. The standard InChI is InChI=1S/C12H21N/c1-10(2)9(13)12(10)8-4-7-11(12)5-3-6-11/h9H,3-8,13H2,1-2H3. The molecule has 0 amide bonds. The highest BCUT2D eigenvalue weighted by atomic mass is 15.0. The Morgan fingerprint density at radius 3 is 1.77 bits per heavy atom. The van der Waals surface area contributed by atoms with E-state index >= 15 is 0 Å². The van der Waals surface area contributed by atoms with E-state index in [0.717, 1.165) is 0 Å². The summed E-state index contributed by atoms with van der Waals surface area (Å²) in [4.78, 5) is 0. The Kier molecular flexibility index (Phi) is 1.26. The van der Waals surface area contributed by atoms with Gasteiger partial charge in [0, 0.05) is 6.04 Å². The molecule has 1 nitrogen and oxygen atoms in total. The molecule has 0 aromatic rings. The molecule has 0 aliphatic heterocycles. The van der Waals surface area contributed by atoms with E-state index in [4.69, 9.17) is 5.73 Å². The van der Waals surface area contributed by atoms with Crippen LogP contribution < -0.4 is 5.73 Å². The van der Waals surface area contributed by atoms with Gasteiger partial charge in [-0.15, -0.1) is 0 Å². The third kappa shape index (κ3) is 0.614. The maximum Gasteiger partial charge on any atom is 0.0164 e. The summed E-state index contributed by atoms with van der Waals surface area (Å²) in [6, 6.07) is 0.503. The van der Waals surface area contributed by atoms with Crippen molar-refractivity contribution >= 4 is 0 Å². The first kappa shape index (κ1) is 8.28. The molecule has 2 spiro atoms. The number of hydrogen-bond donors (Lipinski definition) is 1. The van der Waals surface area contributed by atoms with E-state index in [2.05, 4.69) is 13.8 Å². The fourth-order valence-corrected chi connectivity index (χ4v) is 4.88. The fourth-order valence-electron chi connectivity index (χ4n) is 4.88. The molecule has 3 fully saturated rings. The SMILES string of the molecule is CC1(C)C(N)C12CCCC21CCC1. The number of nitrogens with two attached hydrogens (primary N) is 1. The van der Waals surface area contributed by atoms with Crippen molar-refractivity contribution in [2.45, 2.75) is 58.4 Å². The Labute approximate surface area is 81.1 Å². The van der Waals surface area contributed by atoms with E-state index in [-0.39, 0.29) is 0 Å². The van der Waals surface area contributed by atoms with Gasteiger partial charge in [-0.3, -0.25) is 0 Å². The monoisotopic (exact) mass is 179 g/mol. The first-order chi connectivity index (χ1) is 6.07. The smallest absolute Gasteiger partial charge is 0.0164 e. The van der Waals surface area contributed by atoms with Crippen LogP contribution in [-0.4, -0.2) is 6.04 Å². The van der Waals surface area contributed by atoms with Crippen LogP contribution in [0.3, 0.4) is 0 Å². The van der Waals surface area contributed by atoms with Crippen molar-refractivity contribution in [3.05, 3.63) is 0 Å². The number of hydrogen-bond acceptors (Lipinski definition) is 1. The topological polar surface area (TPSA) is 26.0 Å². The van der Waals surface area contributed by atoms with Crippen LogP contribution in [0, 0.1) is 16.2 Å². The lowest BCUT2D eigenvalue weighted by molar-refractivity contribution is 0.0361. The summed E-state index contributed by atoms with van der Waals surface area (Å²) < 4.78 is 0. The van der Waals surface area contributed by atoms with Crippen LogP contribution in [0.25, 0.3) is 0 Å². The predicted molar refractivity (Wildman–Crippen MR) is 54.3 cm³/mol.